The Morgan fingerprint density at radius 1 is 0.895 bits per heavy atom. The maximum atomic E-state index is 13.7. The number of carbonyl (C=O) groups is 2. The van der Waals surface area contributed by atoms with Gasteiger partial charge in [-0.05, 0) is 54.7 Å². The molecule has 5 nitrogen and oxygen atoms in total. The van der Waals surface area contributed by atoms with E-state index in [-0.39, 0.29) is 31.0 Å². The normalized spacial score (nSPS) is 12.6. The highest BCUT2D eigenvalue weighted by Crippen LogP contribution is 2.27. The molecule has 0 aromatic heterocycles. The number of nitrogens with zero attached hydrogens (tertiary/aromatic N) is 1. The Balaban J connectivity index is 1.93. The molecule has 3 aromatic carbocycles. The van der Waals surface area contributed by atoms with E-state index in [1.54, 1.807) is 18.2 Å². The van der Waals surface area contributed by atoms with Crippen molar-refractivity contribution < 1.29 is 14.3 Å². The summed E-state index contributed by atoms with van der Waals surface area (Å²) in [6.07, 6.45) is 1.10. The number of ether oxygens (including phenoxy) is 1. The lowest BCUT2D eigenvalue weighted by Gasteiger charge is -2.32. The van der Waals surface area contributed by atoms with Crippen LogP contribution in [-0.4, -0.2) is 35.4 Å². The molecule has 1 N–H and O–H groups in total. The molecule has 0 radical (unpaired) electrons. The molecule has 2 amide bonds. The van der Waals surface area contributed by atoms with Gasteiger partial charge >= 0.3 is 0 Å². The largest absolute Gasteiger partial charge is 0.484 e. The molecule has 0 unspecified atom stereocenters. The second kappa shape index (κ2) is 14.2. The van der Waals surface area contributed by atoms with E-state index in [1.165, 1.54) is 10.5 Å². The second-order valence-corrected chi connectivity index (χ2v) is 10.6. The molecule has 0 fully saturated rings. The van der Waals surface area contributed by atoms with Crippen molar-refractivity contribution in [1.29, 1.82) is 0 Å². The Hall–Kier alpha value is -3.02. The van der Waals surface area contributed by atoms with Crippen LogP contribution in [0.15, 0.2) is 72.8 Å². The van der Waals surface area contributed by atoms with Crippen LogP contribution < -0.4 is 10.1 Å². The van der Waals surface area contributed by atoms with E-state index in [9.17, 15) is 9.59 Å². The van der Waals surface area contributed by atoms with Crippen molar-refractivity contribution in [3.05, 3.63) is 99.5 Å². The zero-order valence-electron chi connectivity index (χ0n) is 22.4. The van der Waals surface area contributed by atoms with Gasteiger partial charge in [0.1, 0.15) is 11.8 Å². The number of rotatable bonds is 12. The first-order valence-corrected chi connectivity index (χ1v) is 13.7. The van der Waals surface area contributed by atoms with Crippen molar-refractivity contribution in [3.8, 4) is 5.75 Å². The molecule has 3 rings (SSSR count). The van der Waals surface area contributed by atoms with Crippen molar-refractivity contribution in [2.75, 3.05) is 6.61 Å². The summed E-state index contributed by atoms with van der Waals surface area (Å²) < 4.78 is 5.88. The summed E-state index contributed by atoms with van der Waals surface area (Å²) >= 11 is 13.0. The molecule has 0 spiro atoms. The molecule has 0 saturated carbocycles. The lowest BCUT2D eigenvalue weighted by molar-refractivity contribution is -0.143. The lowest BCUT2D eigenvalue weighted by atomic mass is 10.0. The fraction of sp³-hybridized carbons (Fsp3) is 0.355. The van der Waals surface area contributed by atoms with Gasteiger partial charge in [-0.3, -0.25) is 9.59 Å². The molecule has 0 aliphatic carbocycles. The highest BCUT2D eigenvalue weighted by molar-refractivity contribution is 6.36. The van der Waals surface area contributed by atoms with Crippen LogP contribution in [0, 0.1) is 0 Å². The summed E-state index contributed by atoms with van der Waals surface area (Å²) in [5.41, 5.74) is 2.70. The van der Waals surface area contributed by atoms with E-state index in [4.69, 9.17) is 27.9 Å². The monoisotopic (exact) mass is 554 g/mol. The topological polar surface area (TPSA) is 58.6 Å². The average molecular weight is 556 g/mol. The predicted octanol–water partition coefficient (Wildman–Crippen LogP) is 7.05. The summed E-state index contributed by atoms with van der Waals surface area (Å²) in [4.78, 5) is 28.9. The molecule has 202 valence electrons. The molecule has 3 aromatic rings. The minimum absolute atomic E-state index is 0.0441. The molecule has 0 aliphatic rings. The van der Waals surface area contributed by atoms with E-state index >= 15 is 0 Å². The maximum absolute atomic E-state index is 13.7. The molecule has 0 heterocycles. The summed E-state index contributed by atoms with van der Waals surface area (Å²) in [5, 5.41) is 3.91. The van der Waals surface area contributed by atoms with Crippen molar-refractivity contribution in [1.82, 2.24) is 10.2 Å². The van der Waals surface area contributed by atoms with Gasteiger partial charge < -0.3 is 15.0 Å². The van der Waals surface area contributed by atoms with Crippen molar-refractivity contribution in [2.24, 2.45) is 0 Å². The van der Waals surface area contributed by atoms with Crippen molar-refractivity contribution in [3.63, 3.8) is 0 Å². The first kappa shape index (κ1) is 29.5. The van der Waals surface area contributed by atoms with E-state index in [0.717, 1.165) is 12.0 Å². The molecular formula is C31H36Cl2N2O3. The third kappa shape index (κ3) is 8.24. The van der Waals surface area contributed by atoms with Crippen LogP contribution in [0.25, 0.3) is 0 Å². The summed E-state index contributed by atoms with van der Waals surface area (Å²) in [5.74, 6) is 0.404. The summed E-state index contributed by atoms with van der Waals surface area (Å²) in [6.45, 7) is 8.02. The van der Waals surface area contributed by atoms with Gasteiger partial charge in [-0.15, -0.1) is 0 Å². The first-order valence-electron chi connectivity index (χ1n) is 13.0. The van der Waals surface area contributed by atoms with E-state index in [1.807, 2.05) is 68.4 Å². The standard InChI is InChI=1S/C31H36Cl2N2O3/c1-5-22(4)34-31(37)29(18-23-10-7-6-8-11-23)35(19-26-27(32)12-9-13-28(26)33)30(36)20-38-25-16-14-24(15-17-25)21(2)3/h6-17,21-22,29H,5,18-20H2,1-4H3,(H,34,37)/t22-,29+/m0/s1. The predicted molar refractivity (Wildman–Crippen MR) is 155 cm³/mol. The SMILES string of the molecule is CC[C@H](C)NC(=O)[C@@H](Cc1ccccc1)N(Cc1c(Cl)cccc1Cl)C(=O)COc1ccc(C(C)C)cc1. The Labute approximate surface area is 236 Å². The number of benzene rings is 3. The lowest BCUT2D eigenvalue weighted by Crippen LogP contribution is -2.53. The zero-order chi connectivity index (χ0) is 27.7. The third-order valence-electron chi connectivity index (χ3n) is 6.57. The quantitative estimate of drug-likeness (QED) is 0.261. The smallest absolute Gasteiger partial charge is 0.261 e. The van der Waals surface area contributed by atoms with E-state index in [2.05, 4.69) is 19.2 Å². The molecule has 0 bridgehead atoms. The number of nitrogens with one attached hydrogen (secondary N) is 1. The van der Waals surface area contributed by atoms with E-state index in [0.29, 0.717) is 33.7 Å². The van der Waals surface area contributed by atoms with Crippen LogP contribution in [0.3, 0.4) is 0 Å². The number of halogens is 2. The Kier molecular flexibility index (Phi) is 11.1. The van der Waals surface area contributed by atoms with Crippen LogP contribution in [-0.2, 0) is 22.6 Å². The van der Waals surface area contributed by atoms with Gasteiger partial charge in [0.25, 0.3) is 5.91 Å². The van der Waals surface area contributed by atoms with Crippen molar-refractivity contribution in [2.45, 2.75) is 65.1 Å². The molecule has 7 heteroatoms. The first-order chi connectivity index (χ1) is 18.2. The Morgan fingerprint density at radius 3 is 2.11 bits per heavy atom. The van der Waals surface area contributed by atoms with Gasteiger partial charge in [-0.2, -0.15) is 0 Å². The van der Waals surface area contributed by atoms with Crippen LogP contribution in [0.4, 0.5) is 0 Å². The fourth-order valence-electron chi connectivity index (χ4n) is 4.03. The minimum Gasteiger partial charge on any atom is -0.484 e. The summed E-state index contributed by atoms with van der Waals surface area (Å²) in [7, 11) is 0. The number of hydrogen-bond acceptors (Lipinski definition) is 3. The van der Waals surface area contributed by atoms with Gasteiger partial charge in [-0.1, -0.05) is 92.5 Å². The fourth-order valence-corrected chi connectivity index (χ4v) is 4.54. The Morgan fingerprint density at radius 2 is 1.53 bits per heavy atom. The van der Waals surface area contributed by atoms with Crippen LogP contribution in [0.5, 0.6) is 5.75 Å². The van der Waals surface area contributed by atoms with Crippen LogP contribution in [0.2, 0.25) is 10.0 Å². The van der Waals surface area contributed by atoms with Gasteiger partial charge in [0, 0.05) is 34.6 Å². The number of carbonyl (C=O) groups excluding carboxylic acids is 2. The number of hydrogen-bond donors (Lipinski definition) is 1. The molecule has 0 saturated heterocycles. The van der Waals surface area contributed by atoms with Gasteiger partial charge in [0.05, 0.1) is 0 Å². The van der Waals surface area contributed by atoms with Crippen molar-refractivity contribution >= 4 is 35.0 Å². The van der Waals surface area contributed by atoms with Gasteiger partial charge in [0.15, 0.2) is 6.61 Å². The highest BCUT2D eigenvalue weighted by Gasteiger charge is 2.32. The molecule has 0 aliphatic heterocycles. The zero-order valence-corrected chi connectivity index (χ0v) is 23.9. The van der Waals surface area contributed by atoms with Gasteiger partial charge in [0.2, 0.25) is 5.91 Å². The molecule has 38 heavy (non-hydrogen) atoms. The highest BCUT2D eigenvalue weighted by atomic mass is 35.5. The van der Waals surface area contributed by atoms with Gasteiger partial charge in [-0.25, -0.2) is 0 Å². The molecular weight excluding hydrogens is 519 g/mol. The maximum Gasteiger partial charge on any atom is 0.261 e. The third-order valence-corrected chi connectivity index (χ3v) is 7.28. The second-order valence-electron chi connectivity index (χ2n) is 9.76. The molecule has 2 atom stereocenters. The van der Waals surface area contributed by atoms with Crippen LogP contribution in [0.1, 0.15) is 56.7 Å². The summed E-state index contributed by atoms with van der Waals surface area (Å²) in [6, 6.07) is 21.7. The van der Waals surface area contributed by atoms with Crippen LogP contribution >= 0.6 is 23.2 Å². The van der Waals surface area contributed by atoms with E-state index < -0.39 is 6.04 Å². The average Bonchev–Trinajstić information content (AvgIpc) is 2.91. The minimum atomic E-state index is -0.793. The number of amides is 2. The Bertz CT molecular complexity index is 1180.